The molecular formula is C20H36N2O6. The number of Topliss-reactive ketones (excluding diaryl/α,β-unsaturated/α-hetero) is 2. The number of carbonyl (C=O) groups is 4. The lowest BCUT2D eigenvalue weighted by Gasteiger charge is -2.20. The third-order valence-corrected chi connectivity index (χ3v) is 4.21. The van der Waals surface area contributed by atoms with Gasteiger partial charge in [0.25, 0.3) is 0 Å². The molecule has 2 N–H and O–H groups in total. The highest BCUT2D eigenvalue weighted by molar-refractivity contribution is 5.88. The maximum atomic E-state index is 12.0. The van der Waals surface area contributed by atoms with Gasteiger partial charge in [-0.2, -0.15) is 0 Å². The quantitative estimate of drug-likeness (QED) is 0.295. The molecule has 0 heterocycles. The summed E-state index contributed by atoms with van der Waals surface area (Å²) in [6.07, 6.45) is 1.83. The van der Waals surface area contributed by atoms with Crippen LogP contribution < -0.4 is 10.6 Å². The Morgan fingerprint density at radius 2 is 1.54 bits per heavy atom. The number of esters is 2. The van der Waals surface area contributed by atoms with Crippen molar-refractivity contribution in [3.8, 4) is 0 Å². The van der Waals surface area contributed by atoms with Crippen LogP contribution in [0.15, 0.2) is 0 Å². The van der Waals surface area contributed by atoms with E-state index in [0.717, 1.165) is 12.8 Å². The van der Waals surface area contributed by atoms with E-state index >= 15 is 0 Å². The van der Waals surface area contributed by atoms with E-state index in [1.807, 2.05) is 6.92 Å². The molecule has 3 unspecified atom stereocenters. The van der Waals surface area contributed by atoms with E-state index in [0.29, 0.717) is 13.1 Å². The van der Waals surface area contributed by atoms with Crippen LogP contribution in [0.4, 0.5) is 0 Å². The number of carbonyl (C=O) groups excluding carboxylic acids is 4. The average Bonchev–Trinajstić information content (AvgIpc) is 2.61. The van der Waals surface area contributed by atoms with Gasteiger partial charge in [0.2, 0.25) is 0 Å². The van der Waals surface area contributed by atoms with E-state index in [9.17, 15) is 19.2 Å². The highest BCUT2D eigenvalue weighted by Crippen LogP contribution is 2.07. The van der Waals surface area contributed by atoms with E-state index in [1.165, 1.54) is 13.8 Å². The summed E-state index contributed by atoms with van der Waals surface area (Å²) in [4.78, 5) is 46.4. The summed E-state index contributed by atoms with van der Waals surface area (Å²) in [5.74, 6) is -0.703. The van der Waals surface area contributed by atoms with E-state index < -0.39 is 24.0 Å². The second kappa shape index (κ2) is 15.2. The number of hydrogen-bond donors (Lipinski definition) is 2. The van der Waals surface area contributed by atoms with E-state index in [1.54, 1.807) is 13.8 Å². The van der Waals surface area contributed by atoms with Crippen molar-refractivity contribution in [2.75, 3.05) is 26.3 Å². The second-order valence-electron chi connectivity index (χ2n) is 6.99. The Morgan fingerprint density at radius 1 is 0.893 bits per heavy atom. The number of rotatable bonds is 16. The van der Waals surface area contributed by atoms with Gasteiger partial charge in [-0.25, -0.2) is 0 Å². The molecule has 3 atom stereocenters. The molecule has 0 spiro atoms. The molecule has 0 aliphatic carbocycles. The van der Waals surface area contributed by atoms with Crippen LogP contribution in [0.5, 0.6) is 0 Å². The first-order valence-electron chi connectivity index (χ1n) is 10.00. The van der Waals surface area contributed by atoms with Crippen molar-refractivity contribution in [2.24, 2.45) is 5.92 Å². The predicted molar refractivity (Wildman–Crippen MR) is 106 cm³/mol. The molecule has 0 saturated carbocycles. The zero-order chi connectivity index (χ0) is 21.5. The molecule has 0 aromatic heterocycles. The Morgan fingerprint density at radius 3 is 2.07 bits per heavy atom. The smallest absolute Gasteiger partial charge is 0.323 e. The number of ketones is 2. The van der Waals surface area contributed by atoms with Gasteiger partial charge < -0.3 is 20.1 Å². The molecular weight excluding hydrogens is 364 g/mol. The molecule has 0 aromatic carbocycles. The maximum absolute atomic E-state index is 12.0. The van der Waals surface area contributed by atoms with Crippen LogP contribution in [0.2, 0.25) is 0 Å². The molecule has 28 heavy (non-hydrogen) atoms. The third-order valence-electron chi connectivity index (χ3n) is 4.21. The van der Waals surface area contributed by atoms with E-state index in [4.69, 9.17) is 9.47 Å². The predicted octanol–water partition coefficient (Wildman–Crippen LogP) is 1.40. The topological polar surface area (TPSA) is 111 Å². The lowest BCUT2D eigenvalue weighted by atomic mass is 10.0. The van der Waals surface area contributed by atoms with Crippen LogP contribution >= 0.6 is 0 Å². The van der Waals surface area contributed by atoms with E-state index in [-0.39, 0.29) is 43.5 Å². The Bertz CT molecular complexity index is 509. The monoisotopic (exact) mass is 400 g/mol. The van der Waals surface area contributed by atoms with Crippen molar-refractivity contribution < 1.29 is 28.7 Å². The van der Waals surface area contributed by atoms with Gasteiger partial charge in [-0.15, -0.1) is 0 Å². The molecule has 8 nitrogen and oxygen atoms in total. The summed E-state index contributed by atoms with van der Waals surface area (Å²) in [5.41, 5.74) is 0. The van der Waals surface area contributed by atoms with Crippen molar-refractivity contribution in [1.82, 2.24) is 10.6 Å². The molecule has 0 aromatic rings. The van der Waals surface area contributed by atoms with Crippen molar-refractivity contribution in [1.29, 1.82) is 0 Å². The van der Waals surface area contributed by atoms with Crippen molar-refractivity contribution >= 4 is 23.5 Å². The van der Waals surface area contributed by atoms with Crippen LogP contribution in [-0.4, -0.2) is 61.9 Å². The van der Waals surface area contributed by atoms with Crippen LogP contribution in [-0.2, 0) is 28.7 Å². The van der Waals surface area contributed by atoms with Crippen molar-refractivity contribution in [3.63, 3.8) is 0 Å². The van der Waals surface area contributed by atoms with Gasteiger partial charge in [-0.1, -0.05) is 6.92 Å². The summed E-state index contributed by atoms with van der Waals surface area (Å²) >= 11 is 0. The van der Waals surface area contributed by atoms with Gasteiger partial charge in [0.15, 0.2) is 0 Å². The molecule has 0 aliphatic rings. The molecule has 0 saturated heterocycles. The first-order valence-corrected chi connectivity index (χ1v) is 10.00. The minimum absolute atomic E-state index is 0.0168. The van der Waals surface area contributed by atoms with Gasteiger partial charge in [0.1, 0.15) is 17.6 Å². The first kappa shape index (κ1) is 26.2. The lowest BCUT2D eigenvalue weighted by Crippen LogP contribution is -2.42. The highest BCUT2D eigenvalue weighted by atomic mass is 16.5. The Hall–Kier alpha value is -1.80. The summed E-state index contributed by atoms with van der Waals surface area (Å²) < 4.78 is 9.93. The summed E-state index contributed by atoms with van der Waals surface area (Å²) in [5, 5.41) is 6.21. The van der Waals surface area contributed by atoms with Crippen molar-refractivity contribution in [3.05, 3.63) is 0 Å². The first-order chi connectivity index (χ1) is 13.2. The number of nitrogens with one attached hydrogen (secondary N) is 2. The molecule has 162 valence electrons. The van der Waals surface area contributed by atoms with Crippen LogP contribution in [0.1, 0.15) is 60.3 Å². The number of hydrogen-bond acceptors (Lipinski definition) is 8. The van der Waals surface area contributed by atoms with Crippen LogP contribution in [0, 0.1) is 5.92 Å². The molecule has 0 fully saturated rings. The zero-order valence-corrected chi connectivity index (χ0v) is 17.8. The minimum Gasteiger partial charge on any atom is -0.466 e. The standard InChI is InChI=1S/C20H36N2O6/c1-6-27-19(25)12-18(20(26)28-7-2)22-13-14(3)9-8-10-21-17(16(5)24)11-15(4)23/h14,17-18,21-22H,6-13H2,1-5H3. The van der Waals surface area contributed by atoms with Gasteiger partial charge in [-0.3, -0.25) is 19.2 Å². The van der Waals surface area contributed by atoms with Gasteiger partial charge in [0, 0.05) is 6.42 Å². The molecule has 0 radical (unpaired) electrons. The van der Waals surface area contributed by atoms with Crippen LogP contribution in [0.25, 0.3) is 0 Å². The van der Waals surface area contributed by atoms with Gasteiger partial charge in [-0.05, 0) is 59.5 Å². The van der Waals surface area contributed by atoms with Gasteiger partial charge >= 0.3 is 11.9 Å². The third kappa shape index (κ3) is 12.6. The molecule has 0 bridgehead atoms. The van der Waals surface area contributed by atoms with Crippen LogP contribution in [0.3, 0.4) is 0 Å². The fourth-order valence-corrected chi connectivity index (χ4v) is 2.69. The fraction of sp³-hybridized carbons (Fsp3) is 0.800. The molecule has 8 heteroatoms. The summed E-state index contributed by atoms with van der Waals surface area (Å²) in [6, 6.07) is -1.15. The summed E-state index contributed by atoms with van der Waals surface area (Å²) in [6.45, 7) is 10.1. The largest absolute Gasteiger partial charge is 0.466 e. The molecule has 0 aliphatic heterocycles. The Labute approximate surface area is 168 Å². The second-order valence-corrected chi connectivity index (χ2v) is 6.99. The summed E-state index contributed by atoms with van der Waals surface area (Å²) in [7, 11) is 0. The fourth-order valence-electron chi connectivity index (χ4n) is 2.69. The molecule has 0 amide bonds. The van der Waals surface area contributed by atoms with Gasteiger partial charge in [0.05, 0.1) is 25.7 Å². The highest BCUT2D eigenvalue weighted by Gasteiger charge is 2.24. The maximum Gasteiger partial charge on any atom is 0.323 e. The molecule has 0 rings (SSSR count). The zero-order valence-electron chi connectivity index (χ0n) is 17.8. The van der Waals surface area contributed by atoms with Crippen molar-refractivity contribution in [2.45, 2.75) is 72.4 Å². The average molecular weight is 401 g/mol. The SMILES string of the molecule is CCOC(=O)CC(NCC(C)CCCNC(CC(C)=O)C(C)=O)C(=O)OCC. The van der Waals surface area contributed by atoms with E-state index in [2.05, 4.69) is 10.6 Å². The Kier molecular flexibility index (Phi) is 14.2. The lowest BCUT2D eigenvalue weighted by molar-refractivity contribution is -0.152. The minimum atomic E-state index is -0.725. The Balaban J connectivity index is 4.33. The normalized spacial score (nSPS) is 14.0. The number of ether oxygens (including phenoxy) is 2.